The van der Waals surface area contributed by atoms with Crippen LogP contribution in [0.5, 0.6) is 0 Å². The maximum atomic E-state index is 11.9. The third kappa shape index (κ3) is 3.19. The summed E-state index contributed by atoms with van der Waals surface area (Å²) in [5.74, 6) is -1.10. The first-order valence-corrected chi connectivity index (χ1v) is 5.92. The molecule has 1 aromatic rings. The number of aliphatic hydroxyl groups is 1. The lowest BCUT2D eigenvalue weighted by molar-refractivity contribution is -0.141. The number of pyridine rings is 1. The third-order valence-electron chi connectivity index (χ3n) is 3.02. The zero-order valence-corrected chi connectivity index (χ0v) is 10.2. The molecule has 2 rings (SSSR count). The van der Waals surface area contributed by atoms with Crippen LogP contribution in [0.4, 0.5) is 4.79 Å². The molecule has 0 aliphatic carbocycles. The predicted molar refractivity (Wildman–Crippen MR) is 65.2 cm³/mol. The summed E-state index contributed by atoms with van der Waals surface area (Å²) in [4.78, 5) is 27.9. The van der Waals surface area contributed by atoms with Crippen LogP contribution >= 0.6 is 0 Å². The van der Waals surface area contributed by atoms with Gasteiger partial charge in [-0.3, -0.25) is 4.98 Å². The number of carboxylic acids is 1. The molecule has 1 aliphatic rings. The number of hydrogen-bond acceptors (Lipinski definition) is 4. The van der Waals surface area contributed by atoms with E-state index in [9.17, 15) is 14.7 Å². The fraction of sp³-hybridized carbons (Fsp3) is 0.417. The van der Waals surface area contributed by atoms with E-state index in [2.05, 4.69) is 10.3 Å². The molecular formula is C12H15N3O4. The molecule has 0 bridgehead atoms. The molecule has 7 nitrogen and oxygen atoms in total. The average Bonchev–Trinajstić information content (AvgIpc) is 2.79. The number of aliphatic carboxylic acids is 1. The van der Waals surface area contributed by atoms with Crippen molar-refractivity contribution in [3.8, 4) is 0 Å². The molecule has 0 aromatic carbocycles. The summed E-state index contributed by atoms with van der Waals surface area (Å²) in [6.45, 7) is 0.333. The molecule has 2 amide bonds. The predicted octanol–water partition coefficient (Wildman–Crippen LogP) is -0.189. The lowest BCUT2D eigenvalue weighted by atomic mass is 10.2. The molecule has 0 radical (unpaired) electrons. The molecule has 102 valence electrons. The van der Waals surface area contributed by atoms with Crippen molar-refractivity contribution in [1.29, 1.82) is 0 Å². The Kier molecular flexibility index (Phi) is 3.96. The molecule has 0 spiro atoms. The fourth-order valence-electron chi connectivity index (χ4n) is 2.05. The largest absolute Gasteiger partial charge is 0.480 e. The Labute approximate surface area is 109 Å². The number of urea groups is 1. The van der Waals surface area contributed by atoms with Crippen LogP contribution in [0, 0.1) is 0 Å². The van der Waals surface area contributed by atoms with Crippen LogP contribution in [-0.2, 0) is 11.3 Å². The van der Waals surface area contributed by atoms with E-state index in [0.29, 0.717) is 6.54 Å². The van der Waals surface area contributed by atoms with Gasteiger partial charge in [-0.25, -0.2) is 9.59 Å². The highest BCUT2D eigenvalue weighted by Gasteiger charge is 2.38. The molecule has 1 aliphatic heterocycles. The Morgan fingerprint density at radius 1 is 1.42 bits per heavy atom. The number of aromatic nitrogens is 1. The van der Waals surface area contributed by atoms with Crippen molar-refractivity contribution in [2.24, 2.45) is 0 Å². The van der Waals surface area contributed by atoms with Gasteiger partial charge in [0.25, 0.3) is 0 Å². The van der Waals surface area contributed by atoms with Crippen LogP contribution < -0.4 is 5.32 Å². The first-order chi connectivity index (χ1) is 9.08. The van der Waals surface area contributed by atoms with E-state index >= 15 is 0 Å². The van der Waals surface area contributed by atoms with E-state index in [1.54, 1.807) is 24.5 Å². The first-order valence-electron chi connectivity index (χ1n) is 5.92. The van der Waals surface area contributed by atoms with Crippen molar-refractivity contribution in [2.45, 2.75) is 25.1 Å². The monoisotopic (exact) mass is 265 g/mol. The lowest BCUT2D eigenvalue weighted by Crippen LogP contribution is -2.45. The highest BCUT2D eigenvalue weighted by Crippen LogP contribution is 2.18. The minimum absolute atomic E-state index is 0.0408. The van der Waals surface area contributed by atoms with Crippen molar-refractivity contribution in [1.82, 2.24) is 15.2 Å². The van der Waals surface area contributed by atoms with Crippen LogP contribution in [0.3, 0.4) is 0 Å². The molecule has 19 heavy (non-hydrogen) atoms. The van der Waals surface area contributed by atoms with Gasteiger partial charge in [0, 0.05) is 31.9 Å². The van der Waals surface area contributed by atoms with Crippen LogP contribution in [0.15, 0.2) is 24.5 Å². The van der Waals surface area contributed by atoms with Crippen molar-refractivity contribution in [2.75, 3.05) is 6.54 Å². The second-order valence-electron chi connectivity index (χ2n) is 4.41. The molecule has 3 N–H and O–H groups in total. The molecular weight excluding hydrogens is 250 g/mol. The summed E-state index contributed by atoms with van der Waals surface area (Å²) < 4.78 is 0. The number of amides is 2. The molecule has 1 saturated heterocycles. The van der Waals surface area contributed by atoms with Crippen LogP contribution in [0.25, 0.3) is 0 Å². The van der Waals surface area contributed by atoms with Crippen molar-refractivity contribution in [3.63, 3.8) is 0 Å². The van der Waals surface area contributed by atoms with Crippen LogP contribution in [0.1, 0.15) is 12.0 Å². The number of carbonyl (C=O) groups excluding carboxylic acids is 1. The quantitative estimate of drug-likeness (QED) is 0.703. The summed E-state index contributed by atoms with van der Waals surface area (Å²) in [5.41, 5.74) is 0.870. The van der Waals surface area contributed by atoms with Gasteiger partial charge in [-0.05, 0) is 17.7 Å². The number of nitrogens with one attached hydrogen (secondary N) is 1. The number of β-amino-alcohol motifs (C(OH)–C–C–N with tert-alkyl or cyclic N) is 1. The van der Waals surface area contributed by atoms with Gasteiger partial charge in [0.15, 0.2) is 0 Å². The van der Waals surface area contributed by atoms with Crippen molar-refractivity contribution >= 4 is 12.0 Å². The van der Waals surface area contributed by atoms with E-state index in [0.717, 1.165) is 10.5 Å². The van der Waals surface area contributed by atoms with Gasteiger partial charge in [0.05, 0.1) is 6.10 Å². The maximum absolute atomic E-state index is 11.9. The van der Waals surface area contributed by atoms with Gasteiger partial charge >= 0.3 is 12.0 Å². The standard InChI is InChI=1S/C12H15N3O4/c16-9-5-10(11(17)18)15(7-9)12(19)14-6-8-1-3-13-4-2-8/h1-4,9-10,16H,5-7H2,(H,14,19)(H,17,18)/t9?,10-/m0/s1. The maximum Gasteiger partial charge on any atom is 0.326 e. The first kappa shape index (κ1) is 13.3. The normalized spacial score (nSPS) is 22.3. The molecule has 1 aromatic heterocycles. The molecule has 7 heteroatoms. The van der Waals surface area contributed by atoms with Gasteiger partial charge in [-0.1, -0.05) is 0 Å². The van der Waals surface area contributed by atoms with Gasteiger partial charge in [-0.15, -0.1) is 0 Å². The van der Waals surface area contributed by atoms with E-state index < -0.39 is 24.1 Å². The number of carboxylic acid groups (broad SMARTS) is 1. The van der Waals surface area contributed by atoms with Crippen LogP contribution in [-0.4, -0.2) is 50.8 Å². The summed E-state index contributed by atoms with van der Waals surface area (Å²) in [5, 5.41) is 21.1. The summed E-state index contributed by atoms with van der Waals surface area (Å²) in [7, 11) is 0. The number of nitrogens with zero attached hydrogens (tertiary/aromatic N) is 2. The third-order valence-corrected chi connectivity index (χ3v) is 3.02. The van der Waals surface area contributed by atoms with Crippen molar-refractivity contribution in [3.05, 3.63) is 30.1 Å². The van der Waals surface area contributed by atoms with Gasteiger partial charge < -0.3 is 20.4 Å². The van der Waals surface area contributed by atoms with Crippen molar-refractivity contribution < 1.29 is 19.8 Å². The topological polar surface area (TPSA) is 103 Å². The lowest BCUT2D eigenvalue weighted by Gasteiger charge is -2.21. The Morgan fingerprint density at radius 3 is 2.74 bits per heavy atom. The van der Waals surface area contributed by atoms with Gasteiger partial charge in [-0.2, -0.15) is 0 Å². The highest BCUT2D eigenvalue weighted by atomic mass is 16.4. The summed E-state index contributed by atoms with van der Waals surface area (Å²) >= 11 is 0. The second kappa shape index (κ2) is 5.66. The van der Waals surface area contributed by atoms with E-state index in [1.807, 2.05) is 0 Å². The molecule has 0 saturated carbocycles. The minimum atomic E-state index is -1.10. The number of hydrogen-bond donors (Lipinski definition) is 3. The number of aliphatic hydroxyl groups excluding tert-OH is 1. The number of likely N-dealkylation sites (tertiary alicyclic amines) is 1. The Hall–Kier alpha value is -2.15. The zero-order chi connectivity index (χ0) is 13.8. The highest BCUT2D eigenvalue weighted by molar-refractivity contribution is 5.83. The zero-order valence-electron chi connectivity index (χ0n) is 10.2. The Balaban J connectivity index is 1.94. The second-order valence-corrected chi connectivity index (χ2v) is 4.41. The molecule has 1 fully saturated rings. The fourth-order valence-corrected chi connectivity index (χ4v) is 2.05. The van der Waals surface area contributed by atoms with E-state index in [-0.39, 0.29) is 13.0 Å². The average molecular weight is 265 g/mol. The van der Waals surface area contributed by atoms with Crippen LogP contribution in [0.2, 0.25) is 0 Å². The smallest absolute Gasteiger partial charge is 0.326 e. The number of carbonyl (C=O) groups is 2. The molecule has 2 atom stereocenters. The van der Waals surface area contributed by atoms with E-state index in [4.69, 9.17) is 5.11 Å². The van der Waals surface area contributed by atoms with Gasteiger partial charge in [0.2, 0.25) is 0 Å². The van der Waals surface area contributed by atoms with Gasteiger partial charge in [0.1, 0.15) is 6.04 Å². The SMILES string of the molecule is O=C(O)[C@@H]1CC(O)CN1C(=O)NCc1ccncc1. The van der Waals surface area contributed by atoms with E-state index in [1.165, 1.54) is 0 Å². The molecule has 2 heterocycles. The number of rotatable bonds is 3. The Morgan fingerprint density at radius 2 is 2.11 bits per heavy atom. The Bertz CT molecular complexity index is 465. The minimum Gasteiger partial charge on any atom is -0.480 e. The summed E-state index contributed by atoms with van der Waals surface area (Å²) in [6.07, 6.45) is 2.51. The molecule has 1 unspecified atom stereocenters. The summed E-state index contributed by atoms with van der Waals surface area (Å²) in [6, 6.07) is 2.06.